The molecule has 1 heterocycles. The number of morpholine rings is 1. The predicted octanol–water partition coefficient (Wildman–Crippen LogP) is 0.860. The van der Waals surface area contributed by atoms with Crippen molar-refractivity contribution in [2.45, 2.75) is 6.42 Å². The first-order valence-electron chi connectivity index (χ1n) is 7.76. The van der Waals surface area contributed by atoms with E-state index in [1.807, 2.05) is 18.2 Å². The van der Waals surface area contributed by atoms with E-state index < -0.39 is 0 Å². The molecule has 1 aromatic carbocycles. The second-order valence-corrected chi connectivity index (χ2v) is 6.48. The Bertz CT molecular complexity index is 533. The van der Waals surface area contributed by atoms with Gasteiger partial charge in [0.2, 0.25) is 5.91 Å². The molecule has 7 heteroatoms. The number of ether oxygens (including phenoxy) is 1. The number of carbonyl (C=O) groups is 2. The number of halogens is 1. The van der Waals surface area contributed by atoms with Crippen molar-refractivity contribution in [3.05, 3.63) is 33.4 Å². The zero-order chi connectivity index (χ0) is 16.5. The smallest absolute Gasteiger partial charge is 0.252 e. The van der Waals surface area contributed by atoms with Crippen molar-refractivity contribution < 1.29 is 14.3 Å². The fourth-order valence-electron chi connectivity index (χ4n) is 2.32. The highest BCUT2D eigenvalue weighted by molar-refractivity contribution is 14.1. The molecule has 0 spiro atoms. The Labute approximate surface area is 150 Å². The molecule has 1 fully saturated rings. The third-order valence-electron chi connectivity index (χ3n) is 3.60. The van der Waals surface area contributed by atoms with Gasteiger partial charge in [0.1, 0.15) is 0 Å². The Hall–Kier alpha value is -1.19. The highest BCUT2D eigenvalue weighted by Crippen LogP contribution is 2.10. The summed E-state index contributed by atoms with van der Waals surface area (Å²) in [6, 6.07) is 7.29. The van der Waals surface area contributed by atoms with E-state index in [9.17, 15) is 9.59 Å². The predicted molar refractivity (Wildman–Crippen MR) is 96.4 cm³/mol. The van der Waals surface area contributed by atoms with Crippen molar-refractivity contribution in [3.8, 4) is 0 Å². The minimum atomic E-state index is -0.224. The lowest BCUT2D eigenvalue weighted by Crippen LogP contribution is -2.40. The Morgan fingerprint density at radius 3 is 2.65 bits per heavy atom. The zero-order valence-corrected chi connectivity index (χ0v) is 15.2. The van der Waals surface area contributed by atoms with Crippen molar-refractivity contribution in [1.82, 2.24) is 15.5 Å². The highest BCUT2D eigenvalue weighted by Gasteiger charge is 2.11. The summed E-state index contributed by atoms with van der Waals surface area (Å²) in [5, 5.41) is 5.48. The summed E-state index contributed by atoms with van der Waals surface area (Å²) in [5.74, 6) is -0.385. The topological polar surface area (TPSA) is 70.7 Å². The van der Waals surface area contributed by atoms with E-state index in [1.54, 1.807) is 6.07 Å². The standard InChI is InChI=1S/C16H22IN3O3/c17-14-5-2-1-4-13(14)16(22)19-12-15(21)18-6-3-7-20-8-10-23-11-9-20/h1-2,4-5H,3,6-12H2,(H,18,21)(H,19,22). The zero-order valence-electron chi connectivity index (χ0n) is 13.0. The lowest BCUT2D eigenvalue weighted by atomic mass is 10.2. The second kappa shape index (κ2) is 9.84. The summed E-state index contributed by atoms with van der Waals surface area (Å²) in [6.45, 7) is 5.07. The molecule has 1 aromatic rings. The van der Waals surface area contributed by atoms with Crippen molar-refractivity contribution in [2.75, 3.05) is 45.9 Å². The average Bonchev–Trinajstić information content (AvgIpc) is 2.58. The molecule has 0 saturated carbocycles. The van der Waals surface area contributed by atoms with Crippen LogP contribution >= 0.6 is 22.6 Å². The summed E-state index contributed by atoms with van der Waals surface area (Å²) in [6.07, 6.45) is 0.899. The number of rotatable bonds is 7. The van der Waals surface area contributed by atoms with Gasteiger partial charge in [-0.1, -0.05) is 12.1 Å². The van der Waals surface area contributed by atoms with E-state index in [2.05, 4.69) is 38.1 Å². The van der Waals surface area contributed by atoms with E-state index in [-0.39, 0.29) is 18.4 Å². The van der Waals surface area contributed by atoms with Gasteiger partial charge in [-0.15, -0.1) is 0 Å². The number of amides is 2. The van der Waals surface area contributed by atoms with Gasteiger partial charge in [0.25, 0.3) is 5.91 Å². The Morgan fingerprint density at radius 2 is 1.91 bits per heavy atom. The molecule has 0 aliphatic carbocycles. The van der Waals surface area contributed by atoms with Crippen molar-refractivity contribution >= 4 is 34.4 Å². The minimum absolute atomic E-state index is 0.00135. The molecular weight excluding hydrogens is 409 g/mol. The molecule has 2 rings (SSSR count). The number of hydrogen-bond acceptors (Lipinski definition) is 4. The van der Waals surface area contributed by atoms with Crippen LogP contribution in [-0.2, 0) is 9.53 Å². The third kappa shape index (κ3) is 6.44. The first-order valence-corrected chi connectivity index (χ1v) is 8.84. The van der Waals surface area contributed by atoms with E-state index in [0.29, 0.717) is 12.1 Å². The fraction of sp³-hybridized carbons (Fsp3) is 0.500. The van der Waals surface area contributed by atoms with Crippen LogP contribution < -0.4 is 10.6 Å². The number of hydrogen-bond donors (Lipinski definition) is 2. The van der Waals surface area contributed by atoms with Crippen LogP contribution in [0.5, 0.6) is 0 Å². The maximum Gasteiger partial charge on any atom is 0.252 e. The van der Waals surface area contributed by atoms with Crippen LogP contribution in [0.25, 0.3) is 0 Å². The SMILES string of the molecule is O=C(CNC(=O)c1ccccc1I)NCCCN1CCOCC1. The van der Waals surface area contributed by atoms with Gasteiger partial charge in [-0.05, 0) is 47.7 Å². The van der Waals surface area contributed by atoms with E-state index in [4.69, 9.17) is 4.74 Å². The van der Waals surface area contributed by atoms with Gasteiger partial charge >= 0.3 is 0 Å². The van der Waals surface area contributed by atoms with Crippen molar-refractivity contribution in [1.29, 1.82) is 0 Å². The van der Waals surface area contributed by atoms with Crippen LogP contribution in [-0.4, -0.2) is 62.7 Å². The largest absolute Gasteiger partial charge is 0.379 e. The van der Waals surface area contributed by atoms with E-state index in [0.717, 1.165) is 42.8 Å². The van der Waals surface area contributed by atoms with Crippen LogP contribution in [0.4, 0.5) is 0 Å². The molecule has 1 aliphatic rings. The summed E-state index contributed by atoms with van der Waals surface area (Å²) < 4.78 is 6.16. The quantitative estimate of drug-likeness (QED) is 0.497. The van der Waals surface area contributed by atoms with Gasteiger partial charge in [0, 0.05) is 23.2 Å². The van der Waals surface area contributed by atoms with E-state index in [1.165, 1.54) is 0 Å². The van der Waals surface area contributed by atoms with Crippen LogP contribution in [0.3, 0.4) is 0 Å². The maximum atomic E-state index is 12.0. The lowest BCUT2D eigenvalue weighted by molar-refractivity contribution is -0.120. The monoisotopic (exact) mass is 431 g/mol. The molecule has 2 N–H and O–H groups in total. The molecule has 0 atom stereocenters. The number of benzene rings is 1. The van der Waals surface area contributed by atoms with Crippen molar-refractivity contribution in [2.24, 2.45) is 0 Å². The second-order valence-electron chi connectivity index (χ2n) is 5.32. The number of carbonyl (C=O) groups excluding carboxylic acids is 2. The molecule has 126 valence electrons. The van der Waals surface area contributed by atoms with Gasteiger partial charge in [0.05, 0.1) is 25.3 Å². The summed E-state index contributed by atoms with van der Waals surface area (Å²) >= 11 is 2.11. The highest BCUT2D eigenvalue weighted by atomic mass is 127. The van der Waals surface area contributed by atoms with Crippen molar-refractivity contribution in [3.63, 3.8) is 0 Å². The molecule has 23 heavy (non-hydrogen) atoms. The van der Waals surface area contributed by atoms with Gasteiger partial charge in [-0.3, -0.25) is 14.5 Å². The Morgan fingerprint density at radius 1 is 1.17 bits per heavy atom. The van der Waals surface area contributed by atoms with Gasteiger partial charge in [-0.25, -0.2) is 0 Å². The molecule has 0 bridgehead atoms. The average molecular weight is 431 g/mol. The van der Waals surface area contributed by atoms with Gasteiger partial charge in [-0.2, -0.15) is 0 Å². The molecule has 2 amide bonds. The molecule has 6 nitrogen and oxygen atoms in total. The first-order chi connectivity index (χ1) is 11.2. The maximum absolute atomic E-state index is 12.0. The Kier molecular flexibility index (Phi) is 7.77. The molecule has 1 aliphatic heterocycles. The van der Waals surface area contributed by atoms with Crippen LogP contribution in [0.1, 0.15) is 16.8 Å². The number of nitrogens with one attached hydrogen (secondary N) is 2. The van der Waals surface area contributed by atoms with Crippen LogP contribution in [0.15, 0.2) is 24.3 Å². The molecule has 0 aromatic heterocycles. The van der Waals surface area contributed by atoms with Crippen LogP contribution in [0, 0.1) is 3.57 Å². The lowest BCUT2D eigenvalue weighted by Gasteiger charge is -2.26. The molecule has 0 radical (unpaired) electrons. The van der Waals surface area contributed by atoms with Crippen LogP contribution in [0.2, 0.25) is 0 Å². The normalized spacial score (nSPS) is 15.2. The Balaban J connectivity index is 1.59. The molecule has 1 saturated heterocycles. The summed E-state index contributed by atoms with van der Waals surface area (Å²) in [5.41, 5.74) is 0.591. The molecule has 0 unspecified atom stereocenters. The molecular formula is C16H22IN3O3. The summed E-state index contributed by atoms with van der Waals surface area (Å²) in [4.78, 5) is 26.1. The van der Waals surface area contributed by atoms with E-state index >= 15 is 0 Å². The third-order valence-corrected chi connectivity index (χ3v) is 4.55. The first kappa shape index (κ1) is 18.2. The summed E-state index contributed by atoms with van der Waals surface area (Å²) in [7, 11) is 0. The minimum Gasteiger partial charge on any atom is -0.379 e. The van der Waals surface area contributed by atoms with Gasteiger partial charge < -0.3 is 15.4 Å². The number of nitrogens with zero attached hydrogens (tertiary/aromatic N) is 1. The fourth-order valence-corrected chi connectivity index (χ4v) is 2.95. The van der Waals surface area contributed by atoms with Gasteiger partial charge in [0.15, 0.2) is 0 Å².